The van der Waals surface area contributed by atoms with Crippen molar-refractivity contribution in [1.29, 1.82) is 0 Å². The number of hydrogen-bond donors (Lipinski definition) is 1. The molecule has 118 valence electrons. The first kappa shape index (κ1) is 14.9. The van der Waals surface area contributed by atoms with E-state index in [4.69, 9.17) is 9.47 Å². The van der Waals surface area contributed by atoms with Crippen LogP contribution >= 0.6 is 0 Å². The van der Waals surface area contributed by atoms with E-state index in [9.17, 15) is 9.90 Å². The number of imidazole rings is 1. The Morgan fingerprint density at radius 1 is 1.22 bits per heavy atom. The molecular weight excluding hydrogens is 296 g/mol. The lowest BCUT2D eigenvalue weighted by atomic mass is 10.2. The van der Waals surface area contributed by atoms with Crippen LogP contribution in [0.2, 0.25) is 0 Å². The van der Waals surface area contributed by atoms with E-state index in [1.165, 1.54) is 7.11 Å². The summed E-state index contributed by atoms with van der Waals surface area (Å²) in [5.74, 6) is 0.710. The summed E-state index contributed by atoms with van der Waals surface area (Å²) in [6.07, 6.45) is 1.72. The summed E-state index contributed by atoms with van der Waals surface area (Å²) >= 11 is 0. The number of methoxy groups -OCH3 is 1. The lowest BCUT2D eigenvalue weighted by Crippen LogP contribution is -2.01. The monoisotopic (exact) mass is 312 g/mol. The van der Waals surface area contributed by atoms with E-state index in [1.807, 2.05) is 31.2 Å². The van der Waals surface area contributed by atoms with Crippen LogP contribution in [-0.4, -0.2) is 27.6 Å². The van der Waals surface area contributed by atoms with Gasteiger partial charge in [0, 0.05) is 12.3 Å². The van der Waals surface area contributed by atoms with Crippen molar-refractivity contribution in [3.05, 3.63) is 59.7 Å². The topological polar surface area (TPSA) is 73.1 Å². The summed E-state index contributed by atoms with van der Waals surface area (Å²) in [4.78, 5) is 15.6. The second-order valence-electron chi connectivity index (χ2n) is 5.11. The molecule has 2 aromatic heterocycles. The molecule has 6 nitrogen and oxygen atoms in total. The number of aromatic carboxylic acids is 1. The van der Waals surface area contributed by atoms with Crippen molar-refractivity contribution in [3.63, 3.8) is 0 Å². The fourth-order valence-electron chi connectivity index (χ4n) is 2.30. The van der Waals surface area contributed by atoms with Gasteiger partial charge in [0.1, 0.15) is 18.1 Å². The number of carboxylic acid groups (broad SMARTS) is 1. The van der Waals surface area contributed by atoms with Gasteiger partial charge in [-0.15, -0.1) is 0 Å². The van der Waals surface area contributed by atoms with Gasteiger partial charge >= 0.3 is 5.97 Å². The predicted octanol–water partition coefficient (Wildman–Crippen LogP) is 2.93. The van der Waals surface area contributed by atoms with E-state index in [0.717, 1.165) is 5.56 Å². The third kappa shape index (κ3) is 2.96. The summed E-state index contributed by atoms with van der Waals surface area (Å²) in [5.41, 5.74) is 1.59. The van der Waals surface area contributed by atoms with Crippen LogP contribution in [0.25, 0.3) is 5.52 Å². The number of nitrogens with zero attached hydrogens (tertiary/aromatic N) is 2. The van der Waals surface area contributed by atoms with Crippen molar-refractivity contribution in [2.45, 2.75) is 13.5 Å². The number of aryl methyl sites for hydroxylation is 1. The quantitative estimate of drug-likeness (QED) is 0.784. The van der Waals surface area contributed by atoms with Crippen LogP contribution in [0.15, 0.2) is 42.6 Å². The van der Waals surface area contributed by atoms with Gasteiger partial charge in [0.2, 0.25) is 0 Å². The highest BCUT2D eigenvalue weighted by molar-refractivity contribution is 5.94. The van der Waals surface area contributed by atoms with Gasteiger partial charge in [-0.2, -0.15) is 0 Å². The fourth-order valence-corrected chi connectivity index (χ4v) is 2.30. The van der Waals surface area contributed by atoms with Crippen LogP contribution in [0.4, 0.5) is 0 Å². The van der Waals surface area contributed by atoms with Gasteiger partial charge in [0.25, 0.3) is 0 Å². The van der Waals surface area contributed by atoms with Crippen molar-refractivity contribution in [2.75, 3.05) is 7.11 Å². The van der Waals surface area contributed by atoms with Crippen molar-refractivity contribution in [1.82, 2.24) is 9.38 Å². The Kier molecular flexibility index (Phi) is 3.89. The molecule has 3 aromatic rings. The van der Waals surface area contributed by atoms with E-state index < -0.39 is 5.97 Å². The maximum absolute atomic E-state index is 11.4. The molecule has 2 heterocycles. The fraction of sp³-hybridized carbons (Fsp3) is 0.176. The Morgan fingerprint density at radius 3 is 2.61 bits per heavy atom. The minimum Gasteiger partial charge on any atom is -0.497 e. The number of benzene rings is 1. The minimum absolute atomic E-state index is 0.0218. The molecule has 23 heavy (non-hydrogen) atoms. The standard InChI is InChI=1S/C17H16N2O4/c1-11-3-5-12(6-4-11)23-10-15-18-16(17(20)21)14-9-13(22-2)7-8-19(14)15/h3-9H,10H2,1-2H3,(H,20,21). The minimum atomic E-state index is -1.09. The number of fused-ring (bicyclic) bond motifs is 1. The molecule has 0 aliphatic carbocycles. The molecule has 0 aliphatic heterocycles. The second-order valence-corrected chi connectivity index (χ2v) is 5.11. The Hall–Kier alpha value is -3.02. The van der Waals surface area contributed by atoms with E-state index in [0.29, 0.717) is 22.8 Å². The molecule has 0 spiro atoms. The Morgan fingerprint density at radius 2 is 1.96 bits per heavy atom. The van der Waals surface area contributed by atoms with E-state index >= 15 is 0 Å². The number of rotatable bonds is 5. The average Bonchev–Trinajstić information content (AvgIpc) is 2.92. The third-order valence-electron chi connectivity index (χ3n) is 3.52. The highest BCUT2D eigenvalue weighted by Crippen LogP contribution is 2.21. The van der Waals surface area contributed by atoms with Gasteiger partial charge in [0.05, 0.1) is 12.6 Å². The highest BCUT2D eigenvalue weighted by Gasteiger charge is 2.17. The first-order chi connectivity index (χ1) is 11.1. The van der Waals surface area contributed by atoms with Crippen LogP contribution in [0.5, 0.6) is 11.5 Å². The zero-order valence-corrected chi connectivity index (χ0v) is 12.8. The Labute approximate surface area is 132 Å². The maximum Gasteiger partial charge on any atom is 0.356 e. The molecule has 0 radical (unpaired) electrons. The van der Waals surface area contributed by atoms with E-state index in [2.05, 4.69) is 4.98 Å². The van der Waals surface area contributed by atoms with Crippen molar-refractivity contribution < 1.29 is 19.4 Å². The molecule has 3 rings (SSSR count). The van der Waals surface area contributed by atoms with Gasteiger partial charge < -0.3 is 14.6 Å². The lowest BCUT2D eigenvalue weighted by Gasteiger charge is -2.06. The molecule has 0 amide bonds. The summed E-state index contributed by atoms with van der Waals surface area (Å²) in [6, 6.07) is 11.0. The lowest BCUT2D eigenvalue weighted by molar-refractivity contribution is 0.0693. The number of pyridine rings is 1. The van der Waals surface area contributed by atoms with Crippen molar-refractivity contribution in [2.24, 2.45) is 0 Å². The molecule has 0 saturated carbocycles. The average molecular weight is 312 g/mol. The number of carboxylic acids is 1. The van der Waals surface area contributed by atoms with Gasteiger partial charge in [-0.3, -0.25) is 4.40 Å². The van der Waals surface area contributed by atoms with Crippen molar-refractivity contribution >= 4 is 11.5 Å². The highest BCUT2D eigenvalue weighted by atomic mass is 16.5. The molecule has 0 saturated heterocycles. The third-order valence-corrected chi connectivity index (χ3v) is 3.52. The number of hydrogen-bond acceptors (Lipinski definition) is 4. The molecular formula is C17H16N2O4. The van der Waals surface area contributed by atoms with Crippen molar-refractivity contribution in [3.8, 4) is 11.5 Å². The predicted molar refractivity (Wildman–Crippen MR) is 84.2 cm³/mol. The number of ether oxygens (including phenoxy) is 2. The zero-order chi connectivity index (χ0) is 16.4. The smallest absolute Gasteiger partial charge is 0.356 e. The summed E-state index contributed by atoms with van der Waals surface area (Å²) in [6.45, 7) is 2.17. The van der Waals surface area contributed by atoms with Crippen LogP contribution in [0.3, 0.4) is 0 Å². The summed E-state index contributed by atoms with van der Waals surface area (Å²) in [5, 5.41) is 9.32. The normalized spacial score (nSPS) is 10.7. The SMILES string of the molecule is COc1ccn2c(COc3ccc(C)cc3)nc(C(=O)O)c2c1. The van der Waals surface area contributed by atoms with Crippen LogP contribution in [0.1, 0.15) is 21.9 Å². The van der Waals surface area contributed by atoms with Crippen LogP contribution in [0, 0.1) is 6.92 Å². The van der Waals surface area contributed by atoms with E-state index in [-0.39, 0.29) is 12.3 Å². The molecule has 1 N–H and O–H groups in total. The number of carbonyl (C=O) groups is 1. The molecule has 6 heteroatoms. The van der Waals surface area contributed by atoms with Crippen LogP contribution in [-0.2, 0) is 6.61 Å². The second kappa shape index (κ2) is 6.00. The molecule has 1 aromatic carbocycles. The Bertz CT molecular complexity index is 853. The van der Waals surface area contributed by atoms with Gasteiger partial charge in [-0.1, -0.05) is 17.7 Å². The van der Waals surface area contributed by atoms with E-state index in [1.54, 1.807) is 22.7 Å². The largest absolute Gasteiger partial charge is 0.497 e. The summed E-state index contributed by atoms with van der Waals surface area (Å²) in [7, 11) is 1.53. The molecule has 0 bridgehead atoms. The van der Waals surface area contributed by atoms with Gasteiger partial charge in [-0.05, 0) is 25.1 Å². The zero-order valence-electron chi connectivity index (χ0n) is 12.8. The van der Waals surface area contributed by atoms with Gasteiger partial charge in [0.15, 0.2) is 11.5 Å². The molecule has 0 unspecified atom stereocenters. The first-order valence-corrected chi connectivity index (χ1v) is 7.06. The Balaban J connectivity index is 1.94. The summed E-state index contributed by atoms with van der Waals surface area (Å²) < 4.78 is 12.5. The number of aromatic nitrogens is 2. The molecule has 0 atom stereocenters. The van der Waals surface area contributed by atoms with Gasteiger partial charge in [-0.25, -0.2) is 9.78 Å². The van der Waals surface area contributed by atoms with Crippen LogP contribution < -0.4 is 9.47 Å². The molecule has 0 aliphatic rings. The first-order valence-electron chi connectivity index (χ1n) is 7.06. The molecule has 0 fully saturated rings. The maximum atomic E-state index is 11.4.